The molecule has 0 aliphatic heterocycles. The standard InChI is InChI=1S/C28H28ClN3O5/c1-3-34-26-14-5-20(17-27(26)35-4-2)18-36-23-12-8-22(9-13-23)30-28(33)25-15-16-32(31-25)19-37-24-10-6-21(29)7-11-24/h5-17H,3-4,18-19H2,1-2H3,(H,30,33). The molecule has 0 saturated carbocycles. The highest BCUT2D eigenvalue weighted by Crippen LogP contribution is 2.29. The van der Waals surface area contributed by atoms with Gasteiger partial charge in [-0.15, -0.1) is 0 Å². The van der Waals surface area contributed by atoms with Crippen molar-refractivity contribution in [2.45, 2.75) is 27.2 Å². The number of rotatable bonds is 12. The second-order valence-electron chi connectivity index (χ2n) is 7.88. The van der Waals surface area contributed by atoms with Crippen LogP contribution in [0.25, 0.3) is 0 Å². The summed E-state index contributed by atoms with van der Waals surface area (Å²) in [6.07, 6.45) is 1.68. The number of nitrogens with zero attached hydrogens (tertiary/aromatic N) is 2. The van der Waals surface area contributed by atoms with Crippen LogP contribution in [0.15, 0.2) is 79.0 Å². The number of ether oxygens (including phenoxy) is 4. The lowest BCUT2D eigenvalue weighted by Gasteiger charge is -2.13. The van der Waals surface area contributed by atoms with Crippen molar-refractivity contribution < 1.29 is 23.7 Å². The Hall–Kier alpha value is -4.17. The minimum absolute atomic E-state index is 0.168. The predicted octanol–water partition coefficient (Wildman–Crippen LogP) is 6.20. The Labute approximate surface area is 220 Å². The normalized spacial score (nSPS) is 10.6. The van der Waals surface area contributed by atoms with Crippen LogP contribution in [0.3, 0.4) is 0 Å². The molecule has 1 N–H and O–H groups in total. The fourth-order valence-electron chi connectivity index (χ4n) is 3.41. The van der Waals surface area contributed by atoms with Crippen molar-refractivity contribution in [1.29, 1.82) is 0 Å². The molecule has 0 bridgehead atoms. The van der Waals surface area contributed by atoms with E-state index in [1.165, 1.54) is 0 Å². The highest BCUT2D eigenvalue weighted by molar-refractivity contribution is 6.30. The zero-order chi connectivity index (χ0) is 26.0. The number of aromatic nitrogens is 2. The van der Waals surface area contributed by atoms with E-state index >= 15 is 0 Å². The molecule has 0 saturated heterocycles. The van der Waals surface area contributed by atoms with Crippen LogP contribution in [0.1, 0.15) is 29.9 Å². The molecule has 0 spiro atoms. The third-order valence-electron chi connectivity index (χ3n) is 5.18. The van der Waals surface area contributed by atoms with E-state index in [1.807, 2.05) is 32.0 Å². The molecule has 0 atom stereocenters. The van der Waals surface area contributed by atoms with E-state index in [2.05, 4.69) is 10.4 Å². The maximum absolute atomic E-state index is 12.6. The van der Waals surface area contributed by atoms with Gasteiger partial charge in [-0.25, -0.2) is 4.68 Å². The molecule has 1 amide bonds. The van der Waals surface area contributed by atoms with E-state index in [0.717, 1.165) is 5.56 Å². The van der Waals surface area contributed by atoms with Gasteiger partial charge in [0.15, 0.2) is 23.9 Å². The van der Waals surface area contributed by atoms with Crippen molar-refractivity contribution in [3.05, 3.63) is 95.3 Å². The molecule has 0 radical (unpaired) electrons. The minimum atomic E-state index is -0.322. The summed E-state index contributed by atoms with van der Waals surface area (Å²) in [7, 11) is 0. The highest BCUT2D eigenvalue weighted by atomic mass is 35.5. The number of amides is 1. The van der Waals surface area contributed by atoms with E-state index in [1.54, 1.807) is 65.5 Å². The van der Waals surface area contributed by atoms with Gasteiger partial charge < -0.3 is 24.3 Å². The molecular formula is C28H28ClN3O5. The van der Waals surface area contributed by atoms with Crippen molar-refractivity contribution >= 4 is 23.2 Å². The Morgan fingerprint density at radius 3 is 2.24 bits per heavy atom. The first kappa shape index (κ1) is 25.9. The molecule has 0 aliphatic rings. The Morgan fingerprint density at radius 2 is 1.51 bits per heavy atom. The lowest BCUT2D eigenvalue weighted by atomic mass is 10.2. The molecule has 4 rings (SSSR count). The maximum Gasteiger partial charge on any atom is 0.276 e. The largest absolute Gasteiger partial charge is 0.490 e. The zero-order valence-corrected chi connectivity index (χ0v) is 21.4. The summed E-state index contributed by atoms with van der Waals surface area (Å²) < 4.78 is 24.4. The zero-order valence-electron chi connectivity index (χ0n) is 20.6. The molecule has 1 heterocycles. The summed E-state index contributed by atoms with van der Waals surface area (Å²) in [6.45, 7) is 5.52. The molecule has 8 nitrogen and oxygen atoms in total. The number of carbonyl (C=O) groups excluding carboxylic acids is 1. The summed E-state index contributed by atoms with van der Waals surface area (Å²) in [5, 5.41) is 7.74. The van der Waals surface area contributed by atoms with Crippen LogP contribution in [0, 0.1) is 0 Å². The van der Waals surface area contributed by atoms with Crippen molar-refractivity contribution in [2.75, 3.05) is 18.5 Å². The molecule has 0 aliphatic carbocycles. The average molecular weight is 522 g/mol. The fraction of sp³-hybridized carbons (Fsp3) is 0.214. The number of hydrogen-bond donors (Lipinski definition) is 1. The van der Waals surface area contributed by atoms with E-state index in [9.17, 15) is 4.79 Å². The van der Waals surface area contributed by atoms with Gasteiger partial charge >= 0.3 is 0 Å². The lowest BCUT2D eigenvalue weighted by molar-refractivity contribution is 0.102. The Balaban J connectivity index is 1.28. The Bertz CT molecular complexity index is 1310. The number of nitrogens with one attached hydrogen (secondary N) is 1. The number of halogens is 1. The molecule has 4 aromatic rings. The smallest absolute Gasteiger partial charge is 0.276 e. The summed E-state index contributed by atoms with van der Waals surface area (Å²) in [5.74, 6) is 2.42. The average Bonchev–Trinajstić information content (AvgIpc) is 3.39. The van der Waals surface area contributed by atoms with Crippen molar-refractivity contribution in [3.8, 4) is 23.0 Å². The van der Waals surface area contributed by atoms with Crippen LogP contribution in [-0.4, -0.2) is 28.9 Å². The van der Waals surface area contributed by atoms with Crippen molar-refractivity contribution in [3.63, 3.8) is 0 Å². The molecule has 9 heteroatoms. The second kappa shape index (κ2) is 12.7. The molecule has 37 heavy (non-hydrogen) atoms. The summed E-state index contributed by atoms with van der Waals surface area (Å²) in [5.41, 5.74) is 1.87. The van der Waals surface area contributed by atoms with Gasteiger partial charge in [-0.2, -0.15) is 5.10 Å². The number of anilines is 1. The van der Waals surface area contributed by atoms with Crippen LogP contribution in [0.4, 0.5) is 5.69 Å². The third kappa shape index (κ3) is 7.41. The first-order chi connectivity index (χ1) is 18.0. The van der Waals surface area contributed by atoms with Crippen molar-refractivity contribution in [2.24, 2.45) is 0 Å². The van der Waals surface area contributed by atoms with Gasteiger partial charge in [0.2, 0.25) is 0 Å². The minimum Gasteiger partial charge on any atom is -0.490 e. The van der Waals surface area contributed by atoms with Crippen LogP contribution < -0.4 is 24.3 Å². The predicted molar refractivity (Wildman–Crippen MR) is 142 cm³/mol. The van der Waals surface area contributed by atoms with E-state index in [4.69, 9.17) is 30.5 Å². The number of benzene rings is 3. The Morgan fingerprint density at radius 1 is 0.838 bits per heavy atom. The summed E-state index contributed by atoms with van der Waals surface area (Å²) in [6, 6.07) is 21.5. The van der Waals surface area contributed by atoms with Crippen LogP contribution in [0.2, 0.25) is 5.02 Å². The van der Waals surface area contributed by atoms with Crippen LogP contribution >= 0.6 is 11.6 Å². The SMILES string of the molecule is CCOc1ccc(COc2ccc(NC(=O)c3ccn(COc4ccc(Cl)cc4)n3)cc2)cc1OCC. The van der Waals surface area contributed by atoms with Gasteiger partial charge in [-0.05, 0) is 86.1 Å². The van der Waals surface area contributed by atoms with E-state index < -0.39 is 0 Å². The molecule has 0 unspecified atom stereocenters. The number of carbonyl (C=O) groups is 1. The maximum atomic E-state index is 12.6. The lowest BCUT2D eigenvalue weighted by Crippen LogP contribution is -2.14. The summed E-state index contributed by atoms with van der Waals surface area (Å²) in [4.78, 5) is 12.6. The monoisotopic (exact) mass is 521 g/mol. The van der Waals surface area contributed by atoms with E-state index in [-0.39, 0.29) is 18.3 Å². The molecule has 3 aromatic carbocycles. The second-order valence-corrected chi connectivity index (χ2v) is 8.32. The first-order valence-electron chi connectivity index (χ1n) is 11.9. The van der Waals surface area contributed by atoms with Crippen LogP contribution in [0.5, 0.6) is 23.0 Å². The third-order valence-corrected chi connectivity index (χ3v) is 5.43. The summed E-state index contributed by atoms with van der Waals surface area (Å²) >= 11 is 5.88. The Kier molecular flexibility index (Phi) is 8.89. The van der Waals surface area contributed by atoms with Gasteiger partial charge in [0, 0.05) is 16.9 Å². The molecule has 192 valence electrons. The molecule has 0 fully saturated rings. The van der Waals surface area contributed by atoms with Crippen LogP contribution in [-0.2, 0) is 13.3 Å². The van der Waals surface area contributed by atoms with Gasteiger partial charge in [-0.3, -0.25) is 4.79 Å². The fourth-order valence-corrected chi connectivity index (χ4v) is 3.53. The van der Waals surface area contributed by atoms with Crippen molar-refractivity contribution in [1.82, 2.24) is 9.78 Å². The topological polar surface area (TPSA) is 83.8 Å². The molecule has 1 aromatic heterocycles. The van der Waals surface area contributed by atoms with Gasteiger partial charge in [0.25, 0.3) is 5.91 Å². The molecular weight excluding hydrogens is 494 g/mol. The van der Waals surface area contributed by atoms with Gasteiger partial charge in [0.1, 0.15) is 18.1 Å². The van der Waals surface area contributed by atoms with E-state index in [0.29, 0.717) is 53.5 Å². The highest BCUT2D eigenvalue weighted by Gasteiger charge is 2.11. The first-order valence-corrected chi connectivity index (χ1v) is 12.3. The quantitative estimate of drug-likeness (QED) is 0.239. The van der Waals surface area contributed by atoms with Gasteiger partial charge in [0.05, 0.1) is 13.2 Å². The number of hydrogen-bond acceptors (Lipinski definition) is 6. The van der Waals surface area contributed by atoms with Gasteiger partial charge in [-0.1, -0.05) is 17.7 Å².